The summed E-state index contributed by atoms with van der Waals surface area (Å²) in [6.07, 6.45) is 3.69. The van der Waals surface area contributed by atoms with Gasteiger partial charge in [-0.05, 0) is 25.5 Å². The van der Waals surface area contributed by atoms with Crippen LogP contribution in [0.15, 0.2) is 36.4 Å². The molecule has 0 saturated carbocycles. The predicted molar refractivity (Wildman–Crippen MR) is 52.8 cm³/mol. The second-order valence-corrected chi connectivity index (χ2v) is 2.73. The second-order valence-electron chi connectivity index (χ2n) is 2.73. The number of benzene rings is 1. The molecular weight excluding hydrogens is 146 g/mol. The fourth-order valence-corrected chi connectivity index (χ4v) is 1.13. The summed E-state index contributed by atoms with van der Waals surface area (Å²) < 4.78 is 0. The highest BCUT2D eigenvalue weighted by Crippen LogP contribution is 2.07. The van der Waals surface area contributed by atoms with Crippen molar-refractivity contribution in [2.45, 2.75) is 13.8 Å². The molecule has 1 heteroatoms. The van der Waals surface area contributed by atoms with Gasteiger partial charge in [0.15, 0.2) is 0 Å². The topological polar surface area (TPSA) is 23.9 Å². The molecule has 0 amide bonds. The zero-order valence-corrected chi connectivity index (χ0v) is 7.46. The molecule has 0 bridgehead atoms. The van der Waals surface area contributed by atoms with Crippen LogP contribution in [0.4, 0.5) is 0 Å². The Morgan fingerprint density at radius 1 is 1.33 bits per heavy atom. The van der Waals surface area contributed by atoms with Crippen LogP contribution in [0, 0.1) is 12.3 Å². The van der Waals surface area contributed by atoms with E-state index in [1.807, 2.05) is 50.3 Å². The fraction of sp³-hybridized carbons (Fsp3) is 0.182. The van der Waals surface area contributed by atoms with Gasteiger partial charge in [-0.3, -0.25) is 0 Å². The maximum absolute atomic E-state index is 7.68. The molecule has 62 valence electrons. The number of rotatable bonds is 2. The van der Waals surface area contributed by atoms with E-state index in [9.17, 15) is 0 Å². The molecule has 0 aliphatic heterocycles. The summed E-state index contributed by atoms with van der Waals surface area (Å²) in [6.45, 7) is 3.94. The Morgan fingerprint density at radius 3 is 2.58 bits per heavy atom. The van der Waals surface area contributed by atoms with E-state index in [1.54, 1.807) is 0 Å². The Morgan fingerprint density at radius 2 is 2.00 bits per heavy atom. The largest absolute Gasteiger partial charge is 0.300 e. The minimum atomic E-state index is 0.579. The molecule has 0 atom stereocenters. The second kappa shape index (κ2) is 3.86. The Balaban J connectivity index is 3.03. The average molecular weight is 159 g/mol. The molecule has 0 heterocycles. The van der Waals surface area contributed by atoms with Crippen molar-refractivity contribution in [2.24, 2.45) is 0 Å². The molecule has 1 nitrogen and oxygen atoms in total. The van der Waals surface area contributed by atoms with Crippen molar-refractivity contribution >= 4 is 5.71 Å². The third kappa shape index (κ3) is 1.82. The first-order chi connectivity index (χ1) is 5.75. The van der Waals surface area contributed by atoms with Crippen LogP contribution in [0.25, 0.3) is 0 Å². The van der Waals surface area contributed by atoms with E-state index in [1.165, 1.54) is 0 Å². The summed E-state index contributed by atoms with van der Waals surface area (Å²) >= 11 is 0. The summed E-state index contributed by atoms with van der Waals surface area (Å²) in [5.41, 5.74) is 2.74. The molecule has 0 radical (unpaired) electrons. The molecule has 1 aromatic carbocycles. The van der Waals surface area contributed by atoms with Crippen LogP contribution in [-0.4, -0.2) is 5.71 Å². The molecule has 1 aromatic rings. The summed E-state index contributed by atoms with van der Waals surface area (Å²) in [7, 11) is 0. The first kappa shape index (κ1) is 8.72. The number of nitrogens with one attached hydrogen (secondary N) is 1. The van der Waals surface area contributed by atoms with Crippen LogP contribution in [-0.2, 0) is 0 Å². The van der Waals surface area contributed by atoms with Crippen LogP contribution in [0.1, 0.15) is 18.1 Å². The van der Waals surface area contributed by atoms with Gasteiger partial charge >= 0.3 is 0 Å². The molecule has 0 aromatic heterocycles. The molecule has 0 saturated heterocycles. The third-order valence-corrected chi connectivity index (χ3v) is 1.77. The van der Waals surface area contributed by atoms with Gasteiger partial charge in [0.05, 0.1) is 5.71 Å². The summed E-state index contributed by atoms with van der Waals surface area (Å²) in [4.78, 5) is 0. The molecule has 0 aliphatic rings. The van der Waals surface area contributed by atoms with Crippen LogP contribution in [0.5, 0.6) is 0 Å². The average Bonchev–Trinajstić information content (AvgIpc) is 2.05. The predicted octanol–water partition coefficient (Wildman–Crippen LogP) is 2.94. The monoisotopic (exact) mass is 159 g/mol. The molecule has 0 spiro atoms. The van der Waals surface area contributed by atoms with Crippen molar-refractivity contribution in [1.29, 1.82) is 5.41 Å². The molecule has 12 heavy (non-hydrogen) atoms. The lowest BCUT2D eigenvalue weighted by Crippen LogP contribution is -1.96. The maximum Gasteiger partial charge on any atom is 0.0611 e. The van der Waals surface area contributed by atoms with Gasteiger partial charge in [-0.1, -0.05) is 30.3 Å². The van der Waals surface area contributed by atoms with Crippen LogP contribution < -0.4 is 0 Å². The fourth-order valence-electron chi connectivity index (χ4n) is 1.13. The van der Waals surface area contributed by atoms with Gasteiger partial charge < -0.3 is 5.41 Å². The maximum atomic E-state index is 7.68. The number of hydrogen-bond acceptors (Lipinski definition) is 1. The van der Waals surface area contributed by atoms with E-state index in [0.29, 0.717) is 5.71 Å². The molecule has 1 rings (SSSR count). The number of aryl methyl sites for hydroxylation is 1. The van der Waals surface area contributed by atoms with E-state index in [0.717, 1.165) is 11.1 Å². The highest BCUT2D eigenvalue weighted by Gasteiger charge is 1.98. The molecule has 0 fully saturated rings. The normalized spacial score (nSPS) is 10.5. The van der Waals surface area contributed by atoms with Crippen molar-refractivity contribution in [3.05, 3.63) is 47.5 Å². The molecular formula is C11H13N. The highest BCUT2D eigenvalue weighted by atomic mass is 14.4. The van der Waals surface area contributed by atoms with Gasteiger partial charge in [-0.15, -0.1) is 0 Å². The first-order valence-electron chi connectivity index (χ1n) is 4.03. The summed E-state index contributed by atoms with van der Waals surface area (Å²) in [5.74, 6) is 0. The Kier molecular flexibility index (Phi) is 2.81. The van der Waals surface area contributed by atoms with Gasteiger partial charge in [0, 0.05) is 5.56 Å². The minimum Gasteiger partial charge on any atom is -0.300 e. The zero-order chi connectivity index (χ0) is 8.97. The van der Waals surface area contributed by atoms with Crippen molar-refractivity contribution in [3.63, 3.8) is 0 Å². The van der Waals surface area contributed by atoms with Crippen molar-refractivity contribution < 1.29 is 0 Å². The van der Waals surface area contributed by atoms with Crippen LogP contribution >= 0.6 is 0 Å². The van der Waals surface area contributed by atoms with Crippen molar-refractivity contribution in [1.82, 2.24) is 0 Å². The van der Waals surface area contributed by atoms with E-state index in [-0.39, 0.29) is 0 Å². The quantitative estimate of drug-likeness (QED) is 0.641. The number of hydrogen-bond donors (Lipinski definition) is 1. The van der Waals surface area contributed by atoms with Gasteiger partial charge in [-0.25, -0.2) is 0 Å². The lowest BCUT2D eigenvalue weighted by Gasteiger charge is -2.01. The zero-order valence-electron chi connectivity index (χ0n) is 7.46. The number of allylic oxidation sites excluding steroid dienone is 2. The van der Waals surface area contributed by atoms with Gasteiger partial charge in [-0.2, -0.15) is 0 Å². The Labute approximate surface area is 73.3 Å². The molecule has 1 N–H and O–H groups in total. The van der Waals surface area contributed by atoms with E-state index < -0.39 is 0 Å². The van der Waals surface area contributed by atoms with Crippen molar-refractivity contribution in [3.8, 4) is 0 Å². The lowest BCUT2D eigenvalue weighted by molar-refractivity contribution is 1.40. The summed E-state index contributed by atoms with van der Waals surface area (Å²) in [5, 5.41) is 7.68. The Hall–Kier alpha value is -1.37. The minimum absolute atomic E-state index is 0.579. The van der Waals surface area contributed by atoms with Crippen LogP contribution in [0.2, 0.25) is 0 Å². The lowest BCUT2D eigenvalue weighted by atomic mass is 10.0. The third-order valence-electron chi connectivity index (χ3n) is 1.77. The van der Waals surface area contributed by atoms with Crippen molar-refractivity contribution in [2.75, 3.05) is 0 Å². The molecule has 0 unspecified atom stereocenters. The standard InChI is InChI=1S/C11H13N/c1-3-6-11(12)10-8-5-4-7-9(10)2/h3-8,12H,1-2H3/b6-3-,12-11?. The molecule has 0 aliphatic carbocycles. The van der Waals surface area contributed by atoms with Gasteiger partial charge in [0.25, 0.3) is 0 Å². The smallest absolute Gasteiger partial charge is 0.0611 e. The van der Waals surface area contributed by atoms with Gasteiger partial charge in [0.1, 0.15) is 0 Å². The highest BCUT2D eigenvalue weighted by molar-refractivity contribution is 6.07. The summed E-state index contributed by atoms with van der Waals surface area (Å²) in [6, 6.07) is 7.94. The van der Waals surface area contributed by atoms with Gasteiger partial charge in [0.2, 0.25) is 0 Å². The van der Waals surface area contributed by atoms with Crippen LogP contribution in [0.3, 0.4) is 0 Å². The van der Waals surface area contributed by atoms with E-state index in [4.69, 9.17) is 5.41 Å². The SMILES string of the molecule is C/C=C\C(=N)c1ccccc1C. The Bertz CT molecular complexity index is 311. The van der Waals surface area contributed by atoms with E-state index >= 15 is 0 Å². The van der Waals surface area contributed by atoms with E-state index in [2.05, 4.69) is 0 Å². The first-order valence-corrected chi connectivity index (χ1v) is 4.03.